The van der Waals surface area contributed by atoms with Gasteiger partial charge >= 0.3 is 0 Å². The average molecular weight is 310 g/mol. The van der Waals surface area contributed by atoms with Crippen LogP contribution in [0.25, 0.3) is 0 Å². The van der Waals surface area contributed by atoms with Crippen LogP contribution in [-0.4, -0.2) is 18.2 Å². The summed E-state index contributed by atoms with van der Waals surface area (Å²) >= 11 is 0. The predicted molar refractivity (Wildman–Crippen MR) is 92.9 cm³/mol. The molecule has 0 aliphatic rings. The molecule has 2 aromatic rings. The predicted octanol–water partition coefficient (Wildman–Crippen LogP) is 3.88. The van der Waals surface area contributed by atoms with E-state index in [0.29, 0.717) is 18.1 Å². The van der Waals surface area contributed by atoms with Crippen LogP contribution in [0.5, 0.6) is 5.75 Å². The Morgan fingerprint density at radius 3 is 2.30 bits per heavy atom. The number of hydrazone groups is 1. The maximum atomic E-state index is 12.1. The lowest BCUT2D eigenvalue weighted by atomic mass is 10.1. The quantitative estimate of drug-likeness (QED) is 0.650. The summed E-state index contributed by atoms with van der Waals surface area (Å²) in [5.41, 5.74) is 4.86. The Morgan fingerprint density at radius 2 is 1.70 bits per heavy atom. The van der Waals surface area contributed by atoms with Gasteiger partial charge in [-0.05, 0) is 42.7 Å². The monoisotopic (exact) mass is 310 g/mol. The molecule has 1 N–H and O–H groups in total. The molecule has 0 aromatic heterocycles. The molecule has 0 bridgehead atoms. The summed E-state index contributed by atoms with van der Waals surface area (Å²) in [6.07, 6.45) is 0. The molecule has 0 atom stereocenters. The van der Waals surface area contributed by atoms with E-state index >= 15 is 0 Å². The van der Waals surface area contributed by atoms with Crippen molar-refractivity contribution < 1.29 is 9.53 Å². The van der Waals surface area contributed by atoms with Crippen molar-refractivity contribution in [2.75, 3.05) is 6.61 Å². The number of benzene rings is 2. The zero-order valence-electron chi connectivity index (χ0n) is 13.7. The van der Waals surface area contributed by atoms with E-state index in [2.05, 4.69) is 24.4 Å². The highest BCUT2D eigenvalue weighted by Gasteiger charge is 2.05. The molecule has 0 aliphatic carbocycles. The fourth-order valence-corrected chi connectivity index (χ4v) is 1.91. The SMILES string of the molecule is C/C(=N\NC(=O)c1ccc(OCC(C)C)cc1)c1ccccc1. The third-order valence-electron chi connectivity index (χ3n) is 3.22. The van der Waals surface area contributed by atoms with Gasteiger partial charge in [0.25, 0.3) is 5.91 Å². The fraction of sp³-hybridized carbons (Fsp3) is 0.263. The first-order valence-corrected chi connectivity index (χ1v) is 7.69. The molecule has 23 heavy (non-hydrogen) atoms. The molecule has 0 saturated heterocycles. The summed E-state index contributed by atoms with van der Waals surface area (Å²) in [6.45, 7) is 6.70. The minimum atomic E-state index is -0.240. The third kappa shape index (κ3) is 5.25. The van der Waals surface area contributed by atoms with E-state index in [4.69, 9.17) is 4.74 Å². The first-order chi connectivity index (χ1) is 11.1. The summed E-state index contributed by atoms with van der Waals surface area (Å²) in [7, 11) is 0. The molecule has 4 heteroatoms. The Kier molecular flexibility index (Phi) is 5.92. The highest BCUT2D eigenvalue weighted by Crippen LogP contribution is 2.13. The number of rotatable bonds is 6. The van der Waals surface area contributed by atoms with E-state index in [1.807, 2.05) is 37.3 Å². The number of nitrogens with zero attached hydrogens (tertiary/aromatic N) is 1. The topological polar surface area (TPSA) is 50.7 Å². The van der Waals surface area contributed by atoms with Crippen molar-refractivity contribution in [1.82, 2.24) is 5.43 Å². The number of hydrogen-bond donors (Lipinski definition) is 1. The number of carbonyl (C=O) groups is 1. The Labute approximate surface area is 137 Å². The van der Waals surface area contributed by atoms with Gasteiger partial charge in [-0.25, -0.2) is 5.43 Å². The minimum Gasteiger partial charge on any atom is -0.493 e. The van der Waals surface area contributed by atoms with Gasteiger partial charge in [0, 0.05) is 5.56 Å². The second kappa shape index (κ2) is 8.13. The molecular weight excluding hydrogens is 288 g/mol. The second-order valence-corrected chi connectivity index (χ2v) is 5.73. The van der Waals surface area contributed by atoms with E-state index in [0.717, 1.165) is 17.0 Å². The van der Waals surface area contributed by atoms with Gasteiger partial charge < -0.3 is 4.74 Å². The fourth-order valence-electron chi connectivity index (χ4n) is 1.91. The lowest BCUT2D eigenvalue weighted by Gasteiger charge is -2.09. The first kappa shape index (κ1) is 16.7. The van der Waals surface area contributed by atoms with E-state index < -0.39 is 0 Å². The van der Waals surface area contributed by atoms with Gasteiger partial charge in [0.1, 0.15) is 5.75 Å². The number of carbonyl (C=O) groups excluding carboxylic acids is 1. The van der Waals surface area contributed by atoms with Crippen LogP contribution in [0.3, 0.4) is 0 Å². The summed E-state index contributed by atoms with van der Waals surface area (Å²) in [6, 6.07) is 16.8. The molecule has 2 rings (SSSR count). The molecule has 0 fully saturated rings. The highest BCUT2D eigenvalue weighted by molar-refractivity contribution is 6.00. The molecule has 0 aliphatic heterocycles. The number of nitrogens with one attached hydrogen (secondary N) is 1. The molecule has 1 amide bonds. The highest BCUT2D eigenvalue weighted by atomic mass is 16.5. The van der Waals surface area contributed by atoms with Crippen molar-refractivity contribution >= 4 is 11.6 Å². The van der Waals surface area contributed by atoms with Crippen LogP contribution in [0.1, 0.15) is 36.7 Å². The smallest absolute Gasteiger partial charge is 0.271 e. The third-order valence-corrected chi connectivity index (χ3v) is 3.22. The van der Waals surface area contributed by atoms with Crippen LogP contribution in [-0.2, 0) is 0 Å². The maximum Gasteiger partial charge on any atom is 0.271 e. The second-order valence-electron chi connectivity index (χ2n) is 5.73. The first-order valence-electron chi connectivity index (χ1n) is 7.69. The molecule has 0 radical (unpaired) electrons. The Bertz CT molecular complexity index is 662. The van der Waals surface area contributed by atoms with Crippen LogP contribution < -0.4 is 10.2 Å². The van der Waals surface area contributed by atoms with Crippen molar-refractivity contribution in [3.05, 3.63) is 65.7 Å². The summed E-state index contributed by atoms with van der Waals surface area (Å²) in [5, 5.41) is 4.14. The maximum absolute atomic E-state index is 12.1. The number of amides is 1. The van der Waals surface area contributed by atoms with Gasteiger partial charge in [-0.1, -0.05) is 44.2 Å². The van der Waals surface area contributed by atoms with Gasteiger partial charge in [-0.15, -0.1) is 0 Å². The lowest BCUT2D eigenvalue weighted by Crippen LogP contribution is -2.19. The van der Waals surface area contributed by atoms with E-state index in [9.17, 15) is 4.79 Å². The standard InChI is InChI=1S/C19H22N2O2/c1-14(2)13-23-18-11-9-17(10-12-18)19(22)21-20-15(3)16-7-5-4-6-8-16/h4-12,14H,13H2,1-3H3,(H,21,22)/b20-15+. The normalized spacial score (nSPS) is 11.4. The van der Waals surface area contributed by atoms with Gasteiger partial charge in [0.2, 0.25) is 0 Å². The van der Waals surface area contributed by atoms with Gasteiger partial charge in [-0.3, -0.25) is 4.79 Å². The van der Waals surface area contributed by atoms with Crippen LogP contribution in [0.15, 0.2) is 59.7 Å². The van der Waals surface area contributed by atoms with E-state index in [1.165, 1.54) is 0 Å². The largest absolute Gasteiger partial charge is 0.493 e. The number of hydrogen-bond acceptors (Lipinski definition) is 3. The zero-order valence-corrected chi connectivity index (χ0v) is 13.7. The molecule has 0 spiro atoms. The van der Waals surface area contributed by atoms with Crippen molar-refractivity contribution in [2.45, 2.75) is 20.8 Å². The van der Waals surface area contributed by atoms with Gasteiger partial charge in [0.15, 0.2) is 0 Å². The lowest BCUT2D eigenvalue weighted by molar-refractivity contribution is 0.0955. The molecule has 0 saturated carbocycles. The van der Waals surface area contributed by atoms with Crippen molar-refractivity contribution in [1.29, 1.82) is 0 Å². The van der Waals surface area contributed by atoms with Crippen LogP contribution in [0.4, 0.5) is 0 Å². The van der Waals surface area contributed by atoms with Gasteiger partial charge in [0.05, 0.1) is 12.3 Å². The van der Waals surface area contributed by atoms with Crippen LogP contribution in [0.2, 0.25) is 0 Å². The molecule has 0 heterocycles. The zero-order chi connectivity index (χ0) is 16.7. The Balaban J connectivity index is 1.95. The average Bonchev–Trinajstić information content (AvgIpc) is 2.58. The molecule has 4 nitrogen and oxygen atoms in total. The summed E-state index contributed by atoms with van der Waals surface area (Å²) < 4.78 is 5.60. The van der Waals surface area contributed by atoms with E-state index in [1.54, 1.807) is 24.3 Å². The molecule has 120 valence electrons. The number of ether oxygens (including phenoxy) is 1. The summed E-state index contributed by atoms with van der Waals surface area (Å²) in [4.78, 5) is 12.1. The molecular formula is C19H22N2O2. The molecule has 0 unspecified atom stereocenters. The van der Waals surface area contributed by atoms with Crippen molar-refractivity contribution in [3.63, 3.8) is 0 Å². The van der Waals surface area contributed by atoms with E-state index in [-0.39, 0.29) is 5.91 Å². The van der Waals surface area contributed by atoms with Crippen LogP contribution >= 0.6 is 0 Å². The minimum absolute atomic E-state index is 0.240. The van der Waals surface area contributed by atoms with Crippen LogP contribution in [0, 0.1) is 5.92 Å². The van der Waals surface area contributed by atoms with Crippen molar-refractivity contribution in [2.24, 2.45) is 11.0 Å². The molecule has 2 aromatic carbocycles. The Morgan fingerprint density at radius 1 is 1.04 bits per heavy atom. The Hall–Kier alpha value is -2.62. The van der Waals surface area contributed by atoms with Crippen molar-refractivity contribution in [3.8, 4) is 5.75 Å². The van der Waals surface area contributed by atoms with Gasteiger partial charge in [-0.2, -0.15) is 5.10 Å². The summed E-state index contributed by atoms with van der Waals surface area (Å²) in [5.74, 6) is 0.989.